The number of hydrogen-bond donors (Lipinski definition) is 1. The van der Waals surface area contributed by atoms with E-state index < -0.39 is 0 Å². The van der Waals surface area contributed by atoms with Crippen LogP contribution in [0.15, 0.2) is 48.5 Å². The van der Waals surface area contributed by atoms with Crippen LogP contribution in [0.2, 0.25) is 10.0 Å². The van der Waals surface area contributed by atoms with Gasteiger partial charge in [-0.25, -0.2) is 9.78 Å². The molecule has 28 heavy (non-hydrogen) atoms. The molecule has 0 bridgehead atoms. The van der Waals surface area contributed by atoms with Crippen molar-refractivity contribution in [3.8, 4) is 11.3 Å². The minimum Gasteiger partial charge on any atom is -0.282 e. The number of nitrogens with one attached hydrogen (secondary N) is 1. The van der Waals surface area contributed by atoms with Crippen molar-refractivity contribution in [2.24, 2.45) is 0 Å². The van der Waals surface area contributed by atoms with Crippen molar-refractivity contribution in [1.82, 2.24) is 14.8 Å². The molecule has 4 rings (SSSR count). The standard InChI is InChI=1S/C20H16Cl2N4OS/c1-2-4-14-11-16(12-7-9-13(21)10-8-12)25-26(14)20(27)24-19-23-18-15(22)5-3-6-17(18)28-19/h3,5-11H,2,4H2,1H3,(H,23,24,27). The summed E-state index contributed by atoms with van der Waals surface area (Å²) in [4.78, 5) is 17.3. The molecular formula is C20H16Cl2N4OS. The average molecular weight is 431 g/mol. The molecule has 5 nitrogen and oxygen atoms in total. The monoisotopic (exact) mass is 430 g/mol. The van der Waals surface area contributed by atoms with Crippen LogP contribution in [0.3, 0.4) is 0 Å². The van der Waals surface area contributed by atoms with Crippen molar-refractivity contribution >= 4 is 55.9 Å². The molecule has 0 saturated heterocycles. The summed E-state index contributed by atoms with van der Waals surface area (Å²) in [7, 11) is 0. The Morgan fingerprint density at radius 3 is 2.68 bits per heavy atom. The lowest BCUT2D eigenvalue weighted by Gasteiger charge is -2.05. The molecule has 4 aromatic rings. The molecular weight excluding hydrogens is 415 g/mol. The first-order chi connectivity index (χ1) is 13.5. The molecule has 0 saturated carbocycles. The van der Waals surface area contributed by atoms with E-state index in [0.717, 1.165) is 34.5 Å². The molecule has 0 spiro atoms. The second-order valence-electron chi connectivity index (χ2n) is 6.23. The van der Waals surface area contributed by atoms with Gasteiger partial charge in [-0.15, -0.1) is 0 Å². The molecule has 0 aliphatic carbocycles. The first-order valence-corrected chi connectivity index (χ1v) is 10.3. The van der Waals surface area contributed by atoms with Crippen LogP contribution >= 0.6 is 34.5 Å². The van der Waals surface area contributed by atoms with Gasteiger partial charge in [0.2, 0.25) is 0 Å². The van der Waals surface area contributed by atoms with Crippen molar-refractivity contribution < 1.29 is 4.79 Å². The third kappa shape index (κ3) is 3.76. The number of hydrogen-bond acceptors (Lipinski definition) is 4. The maximum Gasteiger partial charge on any atom is 0.348 e. The number of amides is 1. The summed E-state index contributed by atoms with van der Waals surface area (Å²) in [6.07, 6.45) is 1.63. The SMILES string of the molecule is CCCc1cc(-c2ccc(Cl)cc2)nn1C(=O)Nc1nc2c(Cl)cccc2s1. The van der Waals surface area contributed by atoms with Gasteiger partial charge in [-0.3, -0.25) is 5.32 Å². The Bertz CT molecular complexity index is 1150. The van der Waals surface area contributed by atoms with E-state index in [1.165, 1.54) is 16.0 Å². The van der Waals surface area contributed by atoms with Gasteiger partial charge in [0.1, 0.15) is 5.52 Å². The molecule has 0 aliphatic heterocycles. The van der Waals surface area contributed by atoms with Crippen LogP contribution in [-0.4, -0.2) is 20.8 Å². The Morgan fingerprint density at radius 1 is 1.18 bits per heavy atom. The lowest BCUT2D eigenvalue weighted by Crippen LogP contribution is -2.22. The number of rotatable bonds is 4. The second kappa shape index (κ2) is 7.91. The topological polar surface area (TPSA) is 59.8 Å². The zero-order valence-corrected chi connectivity index (χ0v) is 17.3. The fourth-order valence-electron chi connectivity index (χ4n) is 2.90. The van der Waals surface area contributed by atoms with E-state index in [2.05, 4.69) is 22.3 Å². The van der Waals surface area contributed by atoms with Gasteiger partial charge in [-0.05, 0) is 36.8 Å². The van der Waals surface area contributed by atoms with Crippen LogP contribution in [0.25, 0.3) is 21.5 Å². The quantitative estimate of drug-likeness (QED) is 0.401. The van der Waals surface area contributed by atoms with Gasteiger partial charge in [0, 0.05) is 16.3 Å². The smallest absolute Gasteiger partial charge is 0.282 e. The van der Waals surface area contributed by atoms with Gasteiger partial charge in [-0.2, -0.15) is 9.78 Å². The number of thiazole rings is 1. The zero-order chi connectivity index (χ0) is 19.7. The summed E-state index contributed by atoms with van der Waals surface area (Å²) < 4.78 is 2.32. The van der Waals surface area contributed by atoms with E-state index in [4.69, 9.17) is 23.2 Å². The Morgan fingerprint density at radius 2 is 1.96 bits per heavy atom. The predicted octanol–water partition coefficient (Wildman–Crippen LogP) is 6.50. The third-order valence-corrected chi connectivity index (χ3v) is 5.70. The number of carbonyl (C=O) groups is 1. The Labute approximate surface area is 175 Å². The number of nitrogens with zero attached hydrogens (tertiary/aromatic N) is 3. The molecule has 2 heterocycles. The number of benzene rings is 2. The maximum absolute atomic E-state index is 12.9. The molecule has 2 aromatic carbocycles. The second-order valence-corrected chi connectivity index (χ2v) is 8.10. The van der Waals surface area contributed by atoms with Crippen molar-refractivity contribution in [2.75, 3.05) is 5.32 Å². The third-order valence-electron chi connectivity index (χ3n) is 4.21. The van der Waals surface area contributed by atoms with Crippen molar-refractivity contribution in [2.45, 2.75) is 19.8 Å². The molecule has 0 aliphatic rings. The van der Waals surface area contributed by atoms with Gasteiger partial charge in [0.25, 0.3) is 0 Å². The normalized spacial score (nSPS) is 11.1. The summed E-state index contributed by atoms with van der Waals surface area (Å²) >= 11 is 13.5. The molecule has 8 heteroatoms. The van der Waals surface area contributed by atoms with E-state index in [9.17, 15) is 4.79 Å². The van der Waals surface area contributed by atoms with E-state index >= 15 is 0 Å². The van der Waals surface area contributed by atoms with E-state index in [1.807, 2.05) is 30.3 Å². The van der Waals surface area contributed by atoms with E-state index in [-0.39, 0.29) is 6.03 Å². The van der Waals surface area contributed by atoms with Gasteiger partial charge >= 0.3 is 6.03 Å². The highest BCUT2D eigenvalue weighted by molar-refractivity contribution is 7.22. The number of carbonyl (C=O) groups excluding carboxylic acids is 1. The van der Waals surface area contributed by atoms with Gasteiger partial charge in [-0.1, -0.05) is 66.1 Å². The summed E-state index contributed by atoms with van der Waals surface area (Å²) in [5.74, 6) is 0. The van der Waals surface area contributed by atoms with E-state index in [1.54, 1.807) is 18.2 Å². The largest absolute Gasteiger partial charge is 0.348 e. The van der Waals surface area contributed by atoms with Crippen molar-refractivity contribution in [1.29, 1.82) is 0 Å². The summed E-state index contributed by atoms with van der Waals surface area (Å²) in [6.45, 7) is 2.06. The lowest BCUT2D eigenvalue weighted by atomic mass is 10.1. The minimum absolute atomic E-state index is 0.348. The lowest BCUT2D eigenvalue weighted by molar-refractivity contribution is 0.250. The number of aromatic nitrogens is 3. The molecule has 1 N–H and O–H groups in total. The fraction of sp³-hybridized carbons (Fsp3) is 0.150. The van der Waals surface area contributed by atoms with Crippen molar-refractivity contribution in [3.63, 3.8) is 0 Å². The van der Waals surface area contributed by atoms with Crippen LogP contribution in [0.5, 0.6) is 0 Å². The van der Waals surface area contributed by atoms with Crippen LogP contribution < -0.4 is 5.32 Å². The molecule has 0 radical (unpaired) electrons. The molecule has 1 amide bonds. The highest BCUT2D eigenvalue weighted by Crippen LogP contribution is 2.31. The van der Waals surface area contributed by atoms with Gasteiger partial charge < -0.3 is 0 Å². The maximum atomic E-state index is 12.9. The first-order valence-electron chi connectivity index (χ1n) is 8.76. The Hall–Kier alpha value is -2.41. The predicted molar refractivity (Wildman–Crippen MR) is 116 cm³/mol. The summed E-state index contributed by atoms with van der Waals surface area (Å²) in [5.41, 5.74) is 3.15. The molecule has 0 fully saturated rings. The van der Waals surface area contributed by atoms with Crippen LogP contribution in [0, 0.1) is 0 Å². The number of para-hydroxylation sites is 1. The highest BCUT2D eigenvalue weighted by Gasteiger charge is 2.17. The Balaban J connectivity index is 1.65. The first kappa shape index (κ1) is 18.9. The van der Waals surface area contributed by atoms with Gasteiger partial charge in [0.05, 0.1) is 15.4 Å². The minimum atomic E-state index is -0.348. The highest BCUT2D eigenvalue weighted by atomic mass is 35.5. The molecule has 2 aromatic heterocycles. The molecule has 142 valence electrons. The Kier molecular flexibility index (Phi) is 5.35. The molecule has 0 unspecified atom stereocenters. The number of aryl methyl sites for hydroxylation is 1. The van der Waals surface area contributed by atoms with Crippen LogP contribution in [0.1, 0.15) is 19.0 Å². The number of anilines is 1. The van der Waals surface area contributed by atoms with Crippen LogP contribution in [0.4, 0.5) is 9.93 Å². The summed E-state index contributed by atoms with van der Waals surface area (Å²) in [5, 5.41) is 9.05. The number of fused-ring (bicyclic) bond motifs is 1. The van der Waals surface area contributed by atoms with E-state index in [0.29, 0.717) is 20.7 Å². The van der Waals surface area contributed by atoms with Crippen LogP contribution in [-0.2, 0) is 6.42 Å². The average Bonchev–Trinajstić information content (AvgIpc) is 3.27. The zero-order valence-electron chi connectivity index (χ0n) is 14.9. The number of halogens is 2. The molecule has 0 atom stereocenters. The fourth-order valence-corrected chi connectivity index (χ4v) is 4.19. The summed E-state index contributed by atoms with van der Waals surface area (Å²) in [6, 6.07) is 14.5. The van der Waals surface area contributed by atoms with Crippen molar-refractivity contribution in [3.05, 3.63) is 64.3 Å². The van der Waals surface area contributed by atoms with Gasteiger partial charge in [0.15, 0.2) is 5.13 Å².